The van der Waals surface area contributed by atoms with Crippen LogP contribution in [0.4, 0.5) is 5.69 Å². The molecule has 0 saturated heterocycles. The van der Waals surface area contributed by atoms with Crippen molar-refractivity contribution in [2.45, 2.75) is 20.4 Å². The minimum Gasteiger partial charge on any atom is -0.319 e. The summed E-state index contributed by atoms with van der Waals surface area (Å²) in [4.78, 5) is 25.5. The molecule has 3 aromatic rings. The van der Waals surface area contributed by atoms with Gasteiger partial charge in [0.1, 0.15) is 0 Å². The van der Waals surface area contributed by atoms with Gasteiger partial charge in [0.05, 0.1) is 17.1 Å². The lowest BCUT2D eigenvalue weighted by atomic mass is 10.3. The highest BCUT2D eigenvalue weighted by Crippen LogP contribution is 2.15. The zero-order valence-corrected chi connectivity index (χ0v) is 14.5. The zero-order valence-electron chi connectivity index (χ0n) is 13.7. The molecular formula is C17H16ClN5O2. The number of aromatic nitrogens is 4. The van der Waals surface area contributed by atoms with Crippen LogP contribution in [-0.2, 0) is 6.54 Å². The third-order valence-corrected chi connectivity index (χ3v) is 3.85. The third-order valence-electron chi connectivity index (χ3n) is 3.62. The molecule has 2 heterocycles. The number of aryl methyl sites for hydroxylation is 2. The van der Waals surface area contributed by atoms with Gasteiger partial charge in [0.25, 0.3) is 11.5 Å². The lowest BCUT2D eigenvalue weighted by molar-refractivity contribution is 0.102. The molecule has 1 N–H and O–H groups in total. The Kier molecular flexibility index (Phi) is 4.67. The van der Waals surface area contributed by atoms with Gasteiger partial charge < -0.3 is 9.88 Å². The highest BCUT2D eigenvalue weighted by atomic mass is 35.5. The van der Waals surface area contributed by atoms with Crippen molar-refractivity contribution in [3.05, 3.63) is 69.4 Å². The van der Waals surface area contributed by atoms with Crippen molar-refractivity contribution in [1.29, 1.82) is 0 Å². The number of halogens is 1. The highest BCUT2D eigenvalue weighted by Gasteiger charge is 2.17. The molecule has 3 rings (SSSR count). The third kappa shape index (κ3) is 3.61. The molecule has 0 atom stereocenters. The zero-order chi connectivity index (χ0) is 18.0. The first-order chi connectivity index (χ1) is 12.0. The number of carbonyl (C=O) groups excluding carboxylic acids is 1. The van der Waals surface area contributed by atoms with Crippen LogP contribution in [0.1, 0.15) is 23.1 Å². The minimum absolute atomic E-state index is 0.122. The van der Waals surface area contributed by atoms with Crippen LogP contribution in [0, 0.1) is 6.92 Å². The van der Waals surface area contributed by atoms with Gasteiger partial charge in [-0.15, -0.1) is 5.10 Å². The van der Waals surface area contributed by atoms with Crippen LogP contribution < -0.4 is 10.9 Å². The van der Waals surface area contributed by atoms with Crippen LogP contribution in [-0.4, -0.2) is 25.5 Å². The van der Waals surface area contributed by atoms with Crippen LogP contribution in [0.25, 0.3) is 5.69 Å². The molecule has 0 aliphatic rings. The number of carbonyl (C=O) groups is 1. The van der Waals surface area contributed by atoms with Crippen molar-refractivity contribution < 1.29 is 4.79 Å². The highest BCUT2D eigenvalue weighted by molar-refractivity contribution is 6.30. The van der Waals surface area contributed by atoms with Gasteiger partial charge in [0, 0.05) is 23.8 Å². The van der Waals surface area contributed by atoms with E-state index >= 15 is 0 Å². The molecule has 0 aliphatic carbocycles. The normalized spacial score (nSPS) is 10.7. The molecule has 1 amide bonds. The van der Waals surface area contributed by atoms with Crippen molar-refractivity contribution >= 4 is 23.2 Å². The molecule has 0 bridgehead atoms. The van der Waals surface area contributed by atoms with Gasteiger partial charge in [-0.25, -0.2) is 0 Å². The predicted molar refractivity (Wildman–Crippen MR) is 95.4 cm³/mol. The summed E-state index contributed by atoms with van der Waals surface area (Å²) >= 11 is 5.98. The van der Waals surface area contributed by atoms with E-state index < -0.39 is 5.91 Å². The first-order valence-corrected chi connectivity index (χ1v) is 8.07. The van der Waals surface area contributed by atoms with E-state index in [9.17, 15) is 9.59 Å². The maximum atomic E-state index is 12.5. The molecule has 1 aromatic carbocycles. The Morgan fingerprint density at radius 1 is 1.24 bits per heavy atom. The van der Waals surface area contributed by atoms with E-state index in [0.29, 0.717) is 28.6 Å². The summed E-state index contributed by atoms with van der Waals surface area (Å²) in [6.45, 7) is 4.08. The molecule has 7 nitrogen and oxygen atoms in total. The van der Waals surface area contributed by atoms with Crippen molar-refractivity contribution in [1.82, 2.24) is 19.6 Å². The maximum absolute atomic E-state index is 12.5. The summed E-state index contributed by atoms with van der Waals surface area (Å²) in [5, 5.41) is 11.8. The standard InChI is InChI=1S/C17H16ClN5O2/c1-3-22-10-13(7-8-15(22)24)19-17(25)16-11(2)20-23(21-16)14-6-4-5-12(18)9-14/h4-10H,3H2,1-2H3,(H,19,25). The van der Waals surface area contributed by atoms with Gasteiger partial charge in [0.2, 0.25) is 0 Å². The number of rotatable bonds is 4. The lowest BCUT2D eigenvalue weighted by Crippen LogP contribution is -2.20. The van der Waals surface area contributed by atoms with E-state index in [0.717, 1.165) is 0 Å². The SMILES string of the molecule is CCn1cc(NC(=O)c2nn(-c3cccc(Cl)c3)nc2C)ccc1=O. The fraction of sp³-hybridized carbons (Fsp3) is 0.176. The Morgan fingerprint density at radius 3 is 2.76 bits per heavy atom. The predicted octanol–water partition coefficient (Wildman–Crippen LogP) is 2.66. The molecule has 0 radical (unpaired) electrons. The fourth-order valence-corrected chi connectivity index (χ4v) is 2.53. The van der Waals surface area contributed by atoms with Crippen molar-refractivity contribution in [3.63, 3.8) is 0 Å². The van der Waals surface area contributed by atoms with Gasteiger partial charge in [-0.05, 0) is 38.1 Å². The Balaban J connectivity index is 1.87. The van der Waals surface area contributed by atoms with Crippen LogP contribution in [0.3, 0.4) is 0 Å². The van der Waals surface area contributed by atoms with Gasteiger partial charge in [0.15, 0.2) is 5.69 Å². The summed E-state index contributed by atoms with van der Waals surface area (Å²) in [5.41, 5.74) is 1.75. The second-order valence-corrected chi connectivity index (χ2v) is 5.84. The topological polar surface area (TPSA) is 81.8 Å². The number of hydrogen-bond acceptors (Lipinski definition) is 4. The molecule has 0 saturated carbocycles. The van der Waals surface area contributed by atoms with Gasteiger partial charge in [-0.2, -0.15) is 9.90 Å². The first-order valence-electron chi connectivity index (χ1n) is 7.69. The van der Waals surface area contributed by atoms with E-state index in [2.05, 4.69) is 15.5 Å². The summed E-state index contributed by atoms with van der Waals surface area (Å²) in [6, 6.07) is 10.0. The Labute approximate surface area is 148 Å². The largest absolute Gasteiger partial charge is 0.319 e. The van der Waals surface area contributed by atoms with Gasteiger partial charge in [-0.1, -0.05) is 17.7 Å². The molecule has 128 valence electrons. The van der Waals surface area contributed by atoms with Crippen molar-refractivity contribution in [2.24, 2.45) is 0 Å². The molecule has 0 spiro atoms. The summed E-state index contributed by atoms with van der Waals surface area (Å²) < 4.78 is 1.51. The quantitative estimate of drug-likeness (QED) is 0.778. The molecule has 8 heteroatoms. The molecule has 0 unspecified atom stereocenters. The van der Waals surface area contributed by atoms with E-state index in [1.807, 2.05) is 6.92 Å². The molecule has 0 fully saturated rings. The average Bonchev–Trinajstić information content (AvgIpc) is 2.98. The molecule has 0 aliphatic heterocycles. The second kappa shape index (κ2) is 6.90. The number of nitrogens with zero attached hydrogens (tertiary/aromatic N) is 4. The Bertz CT molecular complexity index is 993. The van der Waals surface area contributed by atoms with Crippen molar-refractivity contribution in [2.75, 3.05) is 5.32 Å². The van der Waals surface area contributed by atoms with Crippen molar-refractivity contribution in [3.8, 4) is 5.69 Å². The van der Waals surface area contributed by atoms with E-state index in [1.165, 1.54) is 15.4 Å². The first kappa shape index (κ1) is 16.9. The molecular weight excluding hydrogens is 342 g/mol. The number of anilines is 1. The van der Waals surface area contributed by atoms with Crippen LogP contribution >= 0.6 is 11.6 Å². The molecule has 2 aromatic heterocycles. The lowest BCUT2D eigenvalue weighted by Gasteiger charge is -2.06. The Morgan fingerprint density at radius 2 is 2.04 bits per heavy atom. The maximum Gasteiger partial charge on any atom is 0.278 e. The average molecular weight is 358 g/mol. The fourth-order valence-electron chi connectivity index (χ4n) is 2.35. The van der Waals surface area contributed by atoms with Crippen LogP contribution in [0.5, 0.6) is 0 Å². The van der Waals surface area contributed by atoms with Gasteiger partial charge >= 0.3 is 0 Å². The summed E-state index contributed by atoms with van der Waals surface area (Å²) in [6.07, 6.45) is 1.59. The van der Waals surface area contributed by atoms with Gasteiger partial charge in [-0.3, -0.25) is 9.59 Å². The monoisotopic (exact) mass is 357 g/mol. The number of benzene rings is 1. The smallest absolute Gasteiger partial charge is 0.278 e. The summed E-state index contributed by atoms with van der Waals surface area (Å²) in [7, 11) is 0. The van der Waals surface area contributed by atoms with Crippen LogP contribution in [0.15, 0.2) is 47.4 Å². The van der Waals surface area contributed by atoms with E-state index in [-0.39, 0.29) is 11.3 Å². The minimum atomic E-state index is -0.396. The number of nitrogens with one attached hydrogen (secondary N) is 1. The van der Waals surface area contributed by atoms with Crippen LogP contribution in [0.2, 0.25) is 5.02 Å². The second-order valence-electron chi connectivity index (χ2n) is 5.40. The number of pyridine rings is 1. The Hall–Kier alpha value is -2.93. The van der Waals surface area contributed by atoms with E-state index in [4.69, 9.17) is 11.6 Å². The number of amides is 1. The molecule has 25 heavy (non-hydrogen) atoms. The number of hydrogen-bond donors (Lipinski definition) is 1. The van der Waals surface area contributed by atoms with E-state index in [1.54, 1.807) is 43.5 Å². The summed E-state index contributed by atoms with van der Waals surface area (Å²) in [5.74, 6) is -0.396.